The summed E-state index contributed by atoms with van der Waals surface area (Å²) in [5, 5.41) is 12.4. The van der Waals surface area contributed by atoms with Crippen LogP contribution in [0.4, 0.5) is 0 Å². The first-order valence-corrected chi connectivity index (χ1v) is 8.09. The van der Waals surface area contributed by atoms with E-state index in [-0.39, 0.29) is 12.5 Å². The molecule has 1 aliphatic carbocycles. The summed E-state index contributed by atoms with van der Waals surface area (Å²) in [5.74, 6) is -0.953. The zero-order valence-electron chi connectivity index (χ0n) is 13.7. The second-order valence-electron chi connectivity index (χ2n) is 6.36. The van der Waals surface area contributed by atoms with E-state index in [1.54, 1.807) is 0 Å². The zero-order chi connectivity index (χ0) is 16.3. The van der Waals surface area contributed by atoms with Crippen molar-refractivity contribution in [3.8, 4) is 0 Å². The summed E-state index contributed by atoms with van der Waals surface area (Å²) in [4.78, 5) is 24.1. The molecule has 0 aliphatic heterocycles. The minimum absolute atomic E-state index is 0.168. The van der Waals surface area contributed by atoms with Gasteiger partial charge in [0.05, 0.1) is 11.0 Å². The lowest BCUT2D eigenvalue weighted by Crippen LogP contribution is -2.44. The topological polar surface area (TPSA) is 71.3 Å². The van der Waals surface area contributed by atoms with Gasteiger partial charge in [-0.2, -0.15) is 0 Å². The Morgan fingerprint density at radius 3 is 2.41 bits per heavy atom. The van der Waals surface area contributed by atoms with E-state index in [1.807, 2.05) is 26.8 Å². The first-order valence-electron chi connectivity index (χ1n) is 8.09. The second-order valence-corrected chi connectivity index (χ2v) is 6.36. The van der Waals surface area contributed by atoms with Crippen LogP contribution in [0.3, 0.4) is 0 Å². The quantitative estimate of drug-likeness (QED) is 0.878. The molecule has 22 heavy (non-hydrogen) atoms. The van der Waals surface area contributed by atoms with Crippen molar-refractivity contribution in [2.24, 2.45) is 5.41 Å². The normalized spacial score (nSPS) is 17.2. The molecule has 2 N–H and O–H groups in total. The number of hydrogen-bond acceptors (Lipinski definition) is 2. The van der Waals surface area contributed by atoms with Crippen molar-refractivity contribution < 1.29 is 14.7 Å². The van der Waals surface area contributed by atoms with E-state index in [9.17, 15) is 14.7 Å². The lowest BCUT2D eigenvalue weighted by Gasteiger charge is -2.33. The third-order valence-corrected chi connectivity index (χ3v) is 4.99. The molecule has 0 atom stereocenters. The predicted molar refractivity (Wildman–Crippen MR) is 85.1 cm³/mol. The molecule has 1 aromatic rings. The smallest absolute Gasteiger partial charge is 0.311 e. The number of amides is 1. The van der Waals surface area contributed by atoms with Crippen molar-refractivity contribution in [3.63, 3.8) is 0 Å². The number of carbonyl (C=O) groups is 2. The van der Waals surface area contributed by atoms with E-state index in [0.717, 1.165) is 37.2 Å². The monoisotopic (exact) mass is 306 g/mol. The van der Waals surface area contributed by atoms with Crippen LogP contribution in [0.1, 0.15) is 60.8 Å². The largest absolute Gasteiger partial charge is 0.481 e. The number of carboxylic acids is 1. The minimum Gasteiger partial charge on any atom is -0.481 e. The molecule has 2 rings (SSSR count). The number of rotatable bonds is 5. The molecule has 0 saturated heterocycles. The van der Waals surface area contributed by atoms with Gasteiger partial charge >= 0.3 is 5.97 Å². The number of aryl methyl sites for hydroxylation is 1. The molecule has 1 fully saturated rings. The molecule has 1 amide bonds. The fraction of sp³-hybridized carbons (Fsp3) is 0.647. The van der Waals surface area contributed by atoms with Crippen LogP contribution in [0.15, 0.2) is 6.07 Å². The van der Waals surface area contributed by atoms with Crippen LogP contribution in [0, 0.1) is 19.3 Å². The summed E-state index contributed by atoms with van der Waals surface area (Å²) in [6.07, 6.45) is 4.23. The first-order chi connectivity index (χ1) is 10.4. The molecule has 1 aromatic heterocycles. The fourth-order valence-corrected chi connectivity index (χ4v) is 3.56. The second kappa shape index (κ2) is 6.55. The Labute approximate surface area is 131 Å². The summed E-state index contributed by atoms with van der Waals surface area (Å²) in [6, 6.07) is 1.88. The Hall–Kier alpha value is -1.78. The predicted octanol–water partition coefficient (Wildman–Crippen LogP) is 2.89. The van der Waals surface area contributed by atoms with Gasteiger partial charge in [-0.15, -0.1) is 0 Å². The van der Waals surface area contributed by atoms with Crippen LogP contribution in [0.5, 0.6) is 0 Å². The van der Waals surface area contributed by atoms with Crippen molar-refractivity contribution in [1.82, 2.24) is 9.88 Å². The van der Waals surface area contributed by atoms with Crippen LogP contribution in [0.25, 0.3) is 0 Å². The Bertz CT molecular complexity index is 569. The molecular formula is C17H26N2O3. The van der Waals surface area contributed by atoms with Gasteiger partial charge in [-0.25, -0.2) is 0 Å². The fourth-order valence-electron chi connectivity index (χ4n) is 3.56. The average Bonchev–Trinajstić information content (AvgIpc) is 2.80. The lowest BCUT2D eigenvalue weighted by atomic mass is 9.74. The van der Waals surface area contributed by atoms with Gasteiger partial charge in [-0.1, -0.05) is 19.3 Å². The Kier molecular flexibility index (Phi) is 4.94. The van der Waals surface area contributed by atoms with Crippen LogP contribution < -0.4 is 5.32 Å². The average molecular weight is 306 g/mol. The van der Waals surface area contributed by atoms with E-state index in [1.165, 1.54) is 0 Å². The van der Waals surface area contributed by atoms with Gasteiger partial charge in [-0.05, 0) is 39.7 Å². The van der Waals surface area contributed by atoms with E-state index >= 15 is 0 Å². The summed E-state index contributed by atoms with van der Waals surface area (Å²) in [7, 11) is 0. The Morgan fingerprint density at radius 2 is 1.91 bits per heavy atom. The van der Waals surface area contributed by atoms with Gasteiger partial charge in [0.15, 0.2) is 0 Å². The first kappa shape index (κ1) is 16.6. The third-order valence-electron chi connectivity index (χ3n) is 4.99. The van der Waals surface area contributed by atoms with E-state index in [4.69, 9.17) is 0 Å². The third kappa shape index (κ3) is 3.03. The molecule has 0 aromatic carbocycles. The summed E-state index contributed by atoms with van der Waals surface area (Å²) in [6.45, 7) is 7.00. The van der Waals surface area contributed by atoms with Crippen molar-refractivity contribution in [2.45, 2.75) is 59.4 Å². The maximum Gasteiger partial charge on any atom is 0.311 e. The molecule has 0 bridgehead atoms. The van der Waals surface area contributed by atoms with Gasteiger partial charge in [0, 0.05) is 24.5 Å². The summed E-state index contributed by atoms with van der Waals surface area (Å²) < 4.78 is 2.09. The van der Waals surface area contributed by atoms with Crippen LogP contribution in [-0.4, -0.2) is 28.1 Å². The van der Waals surface area contributed by atoms with Gasteiger partial charge in [-0.3, -0.25) is 9.59 Å². The van der Waals surface area contributed by atoms with Crippen molar-refractivity contribution in [3.05, 3.63) is 23.0 Å². The van der Waals surface area contributed by atoms with Gasteiger partial charge in [0.2, 0.25) is 0 Å². The summed E-state index contributed by atoms with van der Waals surface area (Å²) >= 11 is 0. The number of carbonyl (C=O) groups excluding carboxylic acids is 1. The molecule has 5 heteroatoms. The van der Waals surface area contributed by atoms with Crippen molar-refractivity contribution >= 4 is 11.9 Å². The highest BCUT2D eigenvalue weighted by atomic mass is 16.4. The molecular weight excluding hydrogens is 280 g/mol. The number of aromatic nitrogens is 1. The minimum atomic E-state index is -0.788. The molecule has 5 nitrogen and oxygen atoms in total. The van der Waals surface area contributed by atoms with Crippen LogP contribution in [-0.2, 0) is 11.3 Å². The Balaban J connectivity index is 2.10. The molecule has 1 heterocycles. The number of nitrogens with one attached hydrogen (secondary N) is 1. The standard InChI is InChI=1S/C17H26N2O3/c1-4-19-12(2)10-14(13(19)3)15(20)18-11-17(16(21)22)8-6-5-7-9-17/h10H,4-9,11H2,1-3H3,(H,18,20)(H,21,22). The number of nitrogens with zero attached hydrogens (tertiary/aromatic N) is 1. The summed E-state index contributed by atoms with van der Waals surface area (Å²) in [5.41, 5.74) is 1.85. The van der Waals surface area contributed by atoms with Gasteiger partial charge in [0.1, 0.15) is 0 Å². The maximum atomic E-state index is 12.4. The zero-order valence-corrected chi connectivity index (χ0v) is 13.7. The van der Waals surface area contributed by atoms with Crippen LogP contribution >= 0.6 is 0 Å². The van der Waals surface area contributed by atoms with E-state index in [2.05, 4.69) is 9.88 Å². The molecule has 0 radical (unpaired) electrons. The highest BCUT2D eigenvalue weighted by molar-refractivity contribution is 5.96. The number of aliphatic carboxylic acids is 1. The Morgan fingerprint density at radius 1 is 1.27 bits per heavy atom. The van der Waals surface area contributed by atoms with Crippen molar-refractivity contribution in [1.29, 1.82) is 0 Å². The van der Waals surface area contributed by atoms with Crippen LogP contribution in [0.2, 0.25) is 0 Å². The van der Waals surface area contributed by atoms with Crippen molar-refractivity contribution in [2.75, 3.05) is 6.54 Å². The van der Waals surface area contributed by atoms with E-state index in [0.29, 0.717) is 18.4 Å². The molecule has 0 spiro atoms. The molecule has 1 aliphatic rings. The highest BCUT2D eigenvalue weighted by Crippen LogP contribution is 2.36. The van der Waals surface area contributed by atoms with Gasteiger partial charge in [0.25, 0.3) is 5.91 Å². The lowest BCUT2D eigenvalue weighted by molar-refractivity contribution is -0.150. The number of hydrogen-bond donors (Lipinski definition) is 2. The SMILES string of the molecule is CCn1c(C)cc(C(=O)NCC2(C(=O)O)CCCCC2)c1C. The highest BCUT2D eigenvalue weighted by Gasteiger charge is 2.39. The van der Waals surface area contributed by atoms with Gasteiger partial charge < -0.3 is 15.0 Å². The number of carboxylic acid groups (broad SMARTS) is 1. The maximum absolute atomic E-state index is 12.4. The molecule has 0 unspecified atom stereocenters. The molecule has 1 saturated carbocycles. The molecule has 122 valence electrons. The van der Waals surface area contributed by atoms with E-state index < -0.39 is 11.4 Å².